The summed E-state index contributed by atoms with van der Waals surface area (Å²) >= 11 is 0. The number of anilines is 2. The fraction of sp³-hybridized carbons (Fsp3) is 0.0690. The van der Waals surface area contributed by atoms with Gasteiger partial charge in [-0.05, 0) is 53.9 Å². The highest BCUT2D eigenvalue weighted by molar-refractivity contribution is 6.08. The zero-order chi connectivity index (χ0) is 26.5. The van der Waals surface area contributed by atoms with Gasteiger partial charge in [0.25, 0.3) is 0 Å². The molecule has 0 unspecified atom stereocenters. The Bertz CT molecular complexity index is 1580. The van der Waals surface area contributed by atoms with Crippen molar-refractivity contribution in [2.24, 2.45) is 10.2 Å². The van der Waals surface area contributed by atoms with Crippen LogP contribution in [0.3, 0.4) is 0 Å². The van der Waals surface area contributed by atoms with Gasteiger partial charge >= 0.3 is 5.97 Å². The number of carboxylic acid groups (broad SMARTS) is 1. The quantitative estimate of drug-likeness (QED) is 0.168. The Morgan fingerprint density at radius 1 is 0.842 bits per heavy atom. The summed E-state index contributed by atoms with van der Waals surface area (Å²) in [7, 11) is 0. The van der Waals surface area contributed by atoms with E-state index in [0.717, 1.165) is 17.1 Å². The number of fused-ring (bicyclic) bond motifs is 1. The van der Waals surface area contributed by atoms with Crippen molar-refractivity contribution in [2.75, 3.05) is 10.6 Å². The maximum Gasteiger partial charge on any atom is 0.340 e. The highest BCUT2D eigenvalue weighted by Gasteiger charge is 2.18. The third-order valence-electron chi connectivity index (χ3n) is 6.00. The Hall–Kier alpha value is -5.31. The molecule has 0 fully saturated rings. The predicted molar refractivity (Wildman–Crippen MR) is 146 cm³/mol. The van der Waals surface area contributed by atoms with Crippen molar-refractivity contribution in [2.45, 2.75) is 13.1 Å². The van der Waals surface area contributed by atoms with E-state index in [4.69, 9.17) is 5.73 Å². The van der Waals surface area contributed by atoms with Crippen molar-refractivity contribution in [1.82, 2.24) is 9.97 Å². The van der Waals surface area contributed by atoms with E-state index >= 15 is 0 Å². The van der Waals surface area contributed by atoms with Crippen LogP contribution in [0.25, 0.3) is 10.8 Å². The van der Waals surface area contributed by atoms with Crippen LogP contribution in [0.5, 0.6) is 5.75 Å². The molecule has 5 aromatic rings. The normalized spacial score (nSPS) is 11.2. The van der Waals surface area contributed by atoms with Gasteiger partial charge in [-0.15, -0.1) is 5.11 Å². The minimum Gasteiger partial charge on any atom is -0.505 e. The Morgan fingerprint density at radius 2 is 1.50 bits per heavy atom. The first-order chi connectivity index (χ1) is 18.5. The minimum atomic E-state index is -1.25. The molecular weight excluding hydrogens is 480 g/mol. The van der Waals surface area contributed by atoms with Gasteiger partial charge in [0.15, 0.2) is 5.75 Å². The fourth-order valence-electron chi connectivity index (χ4n) is 4.22. The fourth-order valence-corrected chi connectivity index (χ4v) is 4.22. The second-order valence-corrected chi connectivity index (χ2v) is 8.59. The van der Waals surface area contributed by atoms with Crippen molar-refractivity contribution < 1.29 is 15.0 Å². The molecule has 0 spiro atoms. The first kappa shape index (κ1) is 24.4. The van der Waals surface area contributed by atoms with Crippen molar-refractivity contribution in [3.05, 3.63) is 114 Å². The number of pyridine rings is 2. The summed E-state index contributed by atoms with van der Waals surface area (Å²) in [6.07, 6.45) is 3.50. The molecule has 0 radical (unpaired) electrons. The number of aromatic carboxylic acids is 1. The molecule has 9 heteroatoms. The molecule has 4 N–H and O–H groups in total. The molecule has 188 valence electrons. The van der Waals surface area contributed by atoms with Crippen molar-refractivity contribution in [3.63, 3.8) is 0 Å². The predicted octanol–water partition coefficient (Wildman–Crippen LogP) is 6.24. The van der Waals surface area contributed by atoms with E-state index in [1.165, 1.54) is 0 Å². The molecule has 2 aromatic heterocycles. The summed E-state index contributed by atoms with van der Waals surface area (Å²) in [4.78, 5) is 22.8. The Balaban J connectivity index is 1.46. The van der Waals surface area contributed by atoms with Gasteiger partial charge < -0.3 is 20.8 Å². The number of carbonyl (C=O) groups is 1. The first-order valence-electron chi connectivity index (χ1n) is 11.8. The summed E-state index contributed by atoms with van der Waals surface area (Å²) in [6.45, 7) is 1.04. The number of aromatic hydroxyl groups is 1. The van der Waals surface area contributed by atoms with Gasteiger partial charge in [0.2, 0.25) is 0 Å². The summed E-state index contributed by atoms with van der Waals surface area (Å²) < 4.78 is 0. The van der Waals surface area contributed by atoms with E-state index in [9.17, 15) is 15.0 Å². The molecule has 0 aliphatic carbocycles. The third-order valence-corrected chi connectivity index (χ3v) is 6.00. The standard InChI is InChI=1S/C29H24N6O3/c30-24-16-20(33-34-25-15-19-7-1-2-10-23(19)27(28(25)36)29(37)38)11-12-26(24)35(17-21-8-3-5-13-31-21)18-22-9-4-6-14-32-22/h1-16,36H,17-18,30H2,(H,37,38)/b34-33+. The number of hydrogen-bond acceptors (Lipinski definition) is 8. The average molecular weight is 505 g/mol. The molecule has 2 heterocycles. The first-order valence-corrected chi connectivity index (χ1v) is 11.8. The zero-order valence-corrected chi connectivity index (χ0v) is 20.3. The van der Waals surface area contributed by atoms with Crippen molar-refractivity contribution in [1.29, 1.82) is 0 Å². The van der Waals surface area contributed by atoms with E-state index < -0.39 is 11.7 Å². The number of nitrogen functional groups attached to an aromatic ring is 1. The second kappa shape index (κ2) is 10.8. The van der Waals surface area contributed by atoms with Crippen LogP contribution in [-0.2, 0) is 13.1 Å². The third kappa shape index (κ3) is 5.26. The van der Waals surface area contributed by atoms with E-state index in [2.05, 4.69) is 25.1 Å². The van der Waals surface area contributed by atoms with Crippen LogP contribution in [0, 0.1) is 0 Å². The molecule has 0 saturated heterocycles. The number of hydrogen-bond donors (Lipinski definition) is 3. The van der Waals surface area contributed by atoms with E-state index in [-0.39, 0.29) is 11.3 Å². The molecule has 0 aliphatic rings. The van der Waals surface area contributed by atoms with Gasteiger partial charge in [0, 0.05) is 17.8 Å². The SMILES string of the molecule is Nc1cc(/N=N/c2cc3ccccc3c(C(=O)O)c2O)ccc1N(Cc1ccccn1)Cc1ccccn1. The number of benzene rings is 3. The van der Waals surface area contributed by atoms with Crippen molar-refractivity contribution in [3.8, 4) is 5.75 Å². The van der Waals surface area contributed by atoms with Crippen molar-refractivity contribution >= 4 is 39.5 Å². The molecular formula is C29H24N6O3. The number of nitrogens with two attached hydrogens (primary N) is 1. The molecule has 0 amide bonds. The van der Waals surface area contributed by atoms with Crippen LogP contribution in [0.2, 0.25) is 0 Å². The number of rotatable bonds is 8. The minimum absolute atomic E-state index is 0.0516. The number of phenols is 1. The lowest BCUT2D eigenvalue weighted by Crippen LogP contribution is -2.24. The molecule has 5 rings (SSSR count). The number of aromatic nitrogens is 2. The molecule has 3 aromatic carbocycles. The zero-order valence-electron chi connectivity index (χ0n) is 20.3. The number of nitrogens with zero attached hydrogens (tertiary/aromatic N) is 5. The van der Waals surface area contributed by atoms with Crippen LogP contribution >= 0.6 is 0 Å². The van der Waals surface area contributed by atoms with Gasteiger partial charge in [0.1, 0.15) is 11.3 Å². The van der Waals surface area contributed by atoms with Gasteiger partial charge in [-0.3, -0.25) is 9.97 Å². The average Bonchev–Trinajstić information content (AvgIpc) is 2.92. The van der Waals surface area contributed by atoms with Gasteiger partial charge in [-0.2, -0.15) is 5.11 Å². The largest absolute Gasteiger partial charge is 0.505 e. The number of azo groups is 1. The molecule has 38 heavy (non-hydrogen) atoms. The van der Waals surface area contributed by atoms with Gasteiger partial charge in [-0.25, -0.2) is 4.79 Å². The Morgan fingerprint density at radius 3 is 2.11 bits per heavy atom. The molecule has 0 aliphatic heterocycles. The van der Waals surface area contributed by atoms with Crippen LogP contribution in [0.15, 0.2) is 108 Å². The lowest BCUT2D eigenvalue weighted by atomic mass is 10.0. The Kier molecular flexibility index (Phi) is 6.90. The van der Waals surface area contributed by atoms with Crippen LogP contribution < -0.4 is 10.6 Å². The highest BCUT2D eigenvalue weighted by Crippen LogP contribution is 2.38. The maximum atomic E-state index is 11.8. The Labute approximate surface area is 218 Å². The topological polar surface area (TPSA) is 137 Å². The van der Waals surface area contributed by atoms with E-state index in [1.807, 2.05) is 42.5 Å². The molecule has 9 nitrogen and oxygen atoms in total. The highest BCUT2D eigenvalue weighted by atomic mass is 16.4. The molecule has 0 saturated carbocycles. The smallest absolute Gasteiger partial charge is 0.340 e. The molecule has 0 bridgehead atoms. The summed E-state index contributed by atoms with van der Waals surface area (Å²) in [6, 6.07) is 25.3. The molecule has 0 atom stereocenters. The van der Waals surface area contributed by atoms with E-state index in [0.29, 0.717) is 35.2 Å². The van der Waals surface area contributed by atoms with Gasteiger partial charge in [0.05, 0.1) is 41.5 Å². The van der Waals surface area contributed by atoms with Gasteiger partial charge in [-0.1, -0.05) is 36.4 Å². The van der Waals surface area contributed by atoms with E-state index in [1.54, 1.807) is 54.9 Å². The lowest BCUT2D eigenvalue weighted by molar-refractivity contribution is 0.0696. The van der Waals surface area contributed by atoms with Crippen LogP contribution in [0.4, 0.5) is 22.7 Å². The second-order valence-electron chi connectivity index (χ2n) is 8.59. The summed E-state index contributed by atoms with van der Waals surface area (Å²) in [5.74, 6) is -1.69. The summed E-state index contributed by atoms with van der Waals surface area (Å²) in [5.41, 5.74) is 9.76. The van der Waals surface area contributed by atoms with Crippen LogP contribution in [-0.4, -0.2) is 26.2 Å². The monoisotopic (exact) mass is 504 g/mol. The summed E-state index contributed by atoms with van der Waals surface area (Å²) in [5, 5.41) is 29.7. The number of carboxylic acids is 1. The lowest BCUT2D eigenvalue weighted by Gasteiger charge is -2.25. The van der Waals surface area contributed by atoms with Crippen LogP contribution in [0.1, 0.15) is 21.7 Å². The maximum absolute atomic E-state index is 11.8.